The van der Waals surface area contributed by atoms with Gasteiger partial charge >= 0.3 is 12.1 Å². The zero-order chi connectivity index (χ0) is 24.7. The molecule has 34 heavy (non-hydrogen) atoms. The van der Waals surface area contributed by atoms with Crippen molar-refractivity contribution >= 4 is 21.7 Å². The van der Waals surface area contributed by atoms with Gasteiger partial charge in [-0.3, -0.25) is 4.31 Å². The first-order valence-corrected chi connectivity index (χ1v) is 11.7. The molecule has 0 radical (unpaired) electrons. The van der Waals surface area contributed by atoms with Gasteiger partial charge in [0.25, 0.3) is 10.0 Å². The number of rotatable bonds is 8. The van der Waals surface area contributed by atoms with Crippen molar-refractivity contribution in [2.24, 2.45) is 5.92 Å². The maximum absolute atomic E-state index is 13.4. The Kier molecular flexibility index (Phi) is 6.07. The molecule has 2 atom stereocenters. The van der Waals surface area contributed by atoms with Crippen LogP contribution in [-0.2, 0) is 22.8 Å². The van der Waals surface area contributed by atoms with E-state index < -0.39 is 33.8 Å². The normalized spacial score (nSPS) is 17.9. The Bertz CT molecular complexity index is 1290. The maximum Gasteiger partial charge on any atom is 0.416 e. The number of nitrogens with zero attached hydrogens (tertiary/aromatic N) is 1. The summed E-state index contributed by atoms with van der Waals surface area (Å²) in [6.07, 6.45) is -2.94. The van der Waals surface area contributed by atoms with Crippen molar-refractivity contribution < 1.29 is 40.6 Å². The van der Waals surface area contributed by atoms with Crippen molar-refractivity contribution in [3.63, 3.8) is 0 Å². The van der Waals surface area contributed by atoms with E-state index in [0.717, 1.165) is 22.5 Å². The van der Waals surface area contributed by atoms with E-state index in [2.05, 4.69) is 0 Å². The van der Waals surface area contributed by atoms with E-state index in [-0.39, 0.29) is 34.6 Å². The molecule has 1 N–H and O–H groups in total. The van der Waals surface area contributed by atoms with Crippen LogP contribution in [-0.4, -0.2) is 25.5 Å². The van der Waals surface area contributed by atoms with Crippen LogP contribution in [0.3, 0.4) is 0 Å². The van der Waals surface area contributed by atoms with E-state index in [9.17, 15) is 26.4 Å². The molecule has 3 aromatic rings. The lowest BCUT2D eigenvalue weighted by molar-refractivity contribution is -0.137. The molecule has 4 rings (SSSR count). The molecule has 0 spiro atoms. The Labute approximate surface area is 193 Å². The van der Waals surface area contributed by atoms with Crippen molar-refractivity contribution in [1.29, 1.82) is 0 Å². The minimum absolute atomic E-state index is 0.0107. The molecule has 1 aliphatic rings. The van der Waals surface area contributed by atoms with E-state index in [1.807, 2.05) is 6.92 Å². The number of alkyl halides is 3. The highest BCUT2D eigenvalue weighted by atomic mass is 32.2. The molecule has 0 saturated heterocycles. The van der Waals surface area contributed by atoms with Gasteiger partial charge in [0.2, 0.25) is 5.09 Å². The number of hydrogen-bond donors (Lipinski definition) is 1. The lowest BCUT2D eigenvalue weighted by atomic mass is 10.1. The fourth-order valence-electron chi connectivity index (χ4n) is 3.52. The Balaban J connectivity index is 1.74. The van der Waals surface area contributed by atoms with Crippen LogP contribution < -0.4 is 9.04 Å². The fraction of sp³-hybridized carbons (Fsp3) is 0.261. The summed E-state index contributed by atoms with van der Waals surface area (Å²) in [4.78, 5) is 11.0. The summed E-state index contributed by atoms with van der Waals surface area (Å²) in [6, 6.07) is 10.5. The van der Waals surface area contributed by atoms with Crippen LogP contribution >= 0.6 is 0 Å². The monoisotopic (exact) mass is 495 g/mol. The number of anilines is 1. The van der Waals surface area contributed by atoms with Crippen LogP contribution in [0.5, 0.6) is 5.75 Å². The van der Waals surface area contributed by atoms with Gasteiger partial charge in [-0.05, 0) is 60.4 Å². The molecule has 11 heteroatoms. The lowest BCUT2D eigenvalue weighted by Gasteiger charge is -2.26. The number of carboxylic acids is 1. The van der Waals surface area contributed by atoms with Crippen molar-refractivity contribution in [3.05, 3.63) is 77.6 Å². The van der Waals surface area contributed by atoms with Gasteiger partial charge in [0.1, 0.15) is 12.4 Å². The van der Waals surface area contributed by atoms with E-state index in [1.165, 1.54) is 42.7 Å². The van der Waals surface area contributed by atoms with Gasteiger partial charge in [-0.15, -0.1) is 0 Å². The summed E-state index contributed by atoms with van der Waals surface area (Å²) in [5.74, 6) is -1.40. The number of benzene rings is 2. The molecule has 1 aliphatic carbocycles. The van der Waals surface area contributed by atoms with Crippen LogP contribution in [0.25, 0.3) is 0 Å². The second-order valence-corrected chi connectivity index (χ2v) is 9.73. The standard InChI is InChI=1S/C23H20F3NO6S/c1-14-11-19(14)27(34(30,31)21-3-2-10-32-21)18-9-8-17(23(24,25)26)12-20(18)33-13-15-4-6-16(7-5-15)22(28)29/h2-10,12,14,19H,11,13H2,1H3,(H,28,29). The summed E-state index contributed by atoms with van der Waals surface area (Å²) in [5.41, 5.74) is -0.497. The van der Waals surface area contributed by atoms with Crippen molar-refractivity contribution in [2.75, 3.05) is 4.31 Å². The molecule has 180 valence electrons. The van der Waals surface area contributed by atoms with E-state index >= 15 is 0 Å². The number of hydrogen-bond acceptors (Lipinski definition) is 5. The van der Waals surface area contributed by atoms with Gasteiger partial charge in [0.15, 0.2) is 0 Å². The van der Waals surface area contributed by atoms with Crippen molar-refractivity contribution in [3.8, 4) is 5.75 Å². The van der Waals surface area contributed by atoms with Crippen molar-refractivity contribution in [1.82, 2.24) is 0 Å². The fourth-order valence-corrected chi connectivity index (χ4v) is 5.20. The Morgan fingerprint density at radius 3 is 2.38 bits per heavy atom. The first-order valence-electron chi connectivity index (χ1n) is 10.2. The van der Waals surface area contributed by atoms with Gasteiger partial charge in [0.05, 0.1) is 23.1 Å². The second-order valence-electron chi connectivity index (χ2n) is 7.98. The Morgan fingerprint density at radius 1 is 1.18 bits per heavy atom. The quantitative estimate of drug-likeness (QED) is 0.463. The number of sulfonamides is 1. The lowest BCUT2D eigenvalue weighted by Crippen LogP contribution is -2.34. The SMILES string of the molecule is CC1CC1N(c1ccc(C(F)(F)F)cc1OCc1ccc(C(=O)O)cc1)S(=O)(=O)c1ccco1. The van der Waals surface area contributed by atoms with Gasteiger partial charge in [0, 0.05) is 6.04 Å². The third-order valence-corrected chi connectivity index (χ3v) is 7.22. The highest BCUT2D eigenvalue weighted by Crippen LogP contribution is 2.46. The average molecular weight is 495 g/mol. The molecule has 2 aromatic carbocycles. The number of aromatic carboxylic acids is 1. The smallest absolute Gasteiger partial charge is 0.416 e. The minimum Gasteiger partial charge on any atom is -0.487 e. The third-order valence-electron chi connectivity index (χ3n) is 5.50. The summed E-state index contributed by atoms with van der Waals surface area (Å²) < 4.78 is 78.7. The summed E-state index contributed by atoms with van der Waals surface area (Å²) in [6.45, 7) is 1.63. The van der Waals surface area contributed by atoms with Crippen LogP contribution in [0, 0.1) is 5.92 Å². The molecule has 0 amide bonds. The second kappa shape index (κ2) is 8.71. The molecule has 1 saturated carbocycles. The molecule has 2 unspecified atom stereocenters. The van der Waals surface area contributed by atoms with Crippen LogP contribution in [0.4, 0.5) is 18.9 Å². The molecule has 1 heterocycles. The summed E-state index contributed by atoms with van der Waals surface area (Å²) in [5, 5.41) is 8.68. The Morgan fingerprint density at radius 2 is 1.85 bits per heavy atom. The zero-order valence-electron chi connectivity index (χ0n) is 17.8. The first kappa shape index (κ1) is 23.7. The van der Waals surface area contributed by atoms with E-state index in [0.29, 0.717) is 12.0 Å². The largest absolute Gasteiger partial charge is 0.487 e. The maximum atomic E-state index is 13.4. The minimum atomic E-state index is -4.67. The van der Waals surface area contributed by atoms with E-state index in [4.69, 9.17) is 14.3 Å². The first-order chi connectivity index (χ1) is 16.0. The van der Waals surface area contributed by atoms with Gasteiger partial charge in [-0.1, -0.05) is 19.1 Å². The topological polar surface area (TPSA) is 97.0 Å². The Hall–Kier alpha value is -3.47. The zero-order valence-corrected chi connectivity index (χ0v) is 18.6. The molecular weight excluding hydrogens is 475 g/mol. The van der Waals surface area contributed by atoms with E-state index in [1.54, 1.807) is 0 Å². The van der Waals surface area contributed by atoms with Crippen LogP contribution in [0.1, 0.15) is 34.8 Å². The molecule has 0 aliphatic heterocycles. The van der Waals surface area contributed by atoms with Gasteiger partial charge in [-0.25, -0.2) is 4.79 Å². The highest BCUT2D eigenvalue weighted by Gasteiger charge is 2.47. The summed E-state index contributed by atoms with van der Waals surface area (Å²) >= 11 is 0. The van der Waals surface area contributed by atoms with Gasteiger partial charge in [-0.2, -0.15) is 21.6 Å². The number of carboxylic acid groups (broad SMARTS) is 1. The molecule has 1 aromatic heterocycles. The number of furan rings is 1. The number of ether oxygens (including phenoxy) is 1. The number of carbonyl (C=O) groups is 1. The van der Waals surface area contributed by atoms with Crippen LogP contribution in [0.2, 0.25) is 0 Å². The van der Waals surface area contributed by atoms with Crippen molar-refractivity contribution in [2.45, 2.75) is 37.3 Å². The predicted octanol–water partition coefficient (Wildman–Crippen LogP) is 5.18. The summed E-state index contributed by atoms with van der Waals surface area (Å²) in [7, 11) is -4.21. The molecule has 7 nitrogen and oxygen atoms in total. The highest BCUT2D eigenvalue weighted by molar-refractivity contribution is 7.92. The van der Waals surface area contributed by atoms with Crippen LogP contribution in [0.15, 0.2) is 70.4 Å². The molecule has 1 fully saturated rings. The predicted molar refractivity (Wildman–Crippen MR) is 115 cm³/mol. The third kappa shape index (κ3) is 4.74. The number of halogens is 3. The van der Waals surface area contributed by atoms with Gasteiger partial charge < -0.3 is 14.3 Å². The molecular formula is C23H20F3NO6S. The average Bonchev–Trinajstić information content (AvgIpc) is 3.24. The molecule has 0 bridgehead atoms.